The van der Waals surface area contributed by atoms with Crippen molar-refractivity contribution in [2.45, 2.75) is 40.5 Å². The minimum atomic E-state index is -0.881. The summed E-state index contributed by atoms with van der Waals surface area (Å²) in [5.74, 6) is -1.95. The largest absolute Gasteiger partial charge is 0.511 e. The molecule has 1 N–H and O–H groups in total. The molecule has 0 fully saturated rings. The first-order valence-corrected chi connectivity index (χ1v) is 7.03. The second kappa shape index (κ2) is 6.74. The van der Waals surface area contributed by atoms with Crippen molar-refractivity contribution >= 4 is 17.5 Å². The first-order valence-electron chi connectivity index (χ1n) is 7.03. The fraction of sp³-hybridized carbons (Fsp3) is 0.667. The van der Waals surface area contributed by atoms with E-state index in [1.165, 1.54) is 7.11 Å². The summed E-state index contributed by atoms with van der Waals surface area (Å²) in [6.45, 7) is 7.44. The quantitative estimate of drug-likeness (QED) is 0.478. The SMILES string of the molecule is CCO/N=C(\CC)C1=C(O)[C@H](C(=O)OC)C(C)(C)CC1=O. The Hall–Kier alpha value is -1.85. The number of aliphatic hydroxyl groups excluding tert-OH is 1. The van der Waals surface area contributed by atoms with E-state index in [-0.39, 0.29) is 23.5 Å². The molecule has 6 heteroatoms. The normalized spacial score (nSPS) is 22.2. The van der Waals surface area contributed by atoms with E-state index in [4.69, 9.17) is 9.57 Å². The van der Waals surface area contributed by atoms with Crippen LogP contribution in [0.25, 0.3) is 0 Å². The molecule has 0 aromatic heterocycles. The van der Waals surface area contributed by atoms with E-state index in [1.807, 2.05) is 0 Å². The summed E-state index contributed by atoms with van der Waals surface area (Å²) in [5.41, 5.74) is -0.271. The van der Waals surface area contributed by atoms with Crippen LogP contribution in [0.1, 0.15) is 40.5 Å². The van der Waals surface area contributed by atoms with E-state index in [9.17, 15) is 14.7 Å². The monoisotopic (exact) mass is 297 g/mol. The molecule has 1 rings (SSSR count). The number of Topliss-reactive ketones (excluding diaryl/α,β-unsaturated/α-hetero) is 1. The number of carbonyl (C=O) groups is 2. The minimum absolute atomic E-state index is 0.0840. The van der Waals surface area contributed by atoms with Gasteiger partial charge in [-0.05, 0) is 18.8 Å². The van der Waals surface area contributed by atoms with Gasteiger partial charge in [0.05, 0.1) is 18.4 Å². The number of nitrogens with zero attached hydrogens (tertiary/aromatic N) is 1. The van der Waals surface area contributed by atoms with Gasteiger partial charge in [-0.1, -0.05) is 25.9 Å². The number of rotatable bonds is 5. The second-order valence-electron chi connectivity index (χ2n) is 5.61. The highest BCUT2D eigenvalue weighted by molar-refractivity contribution is 6.23. The average molecular weight is 297 g/mol. The zero-order chi connectivity index (χ0) is 16.2. The third kappa shape index (κ3) is 3.43. The molecule has 0 saturated carbocycles. The topological polar surface area (TPSA) is 85.2 Å². The number of allylic oxidation sites excluding steroid dienone is 1. The van der Waals surface area contributed by atoms with Gasteiger partial charge in [0, 0.05) is 6.42 Å². The fourth-order valence-electron chi connectivity index (χ4n) is 2.55. The number of hydrogen-bond acceptors (Lipinski definition) is 6. The Labute approximate surface area is 124 Å². The highest BCUT2D eigenvalue weighted by atomic mass is 16.6. The molecule has 21 heavy (non-hydrogen) atoms. The molecule has 0 unspecified atom stereocenters. The lowest BCUT2D eigenvalue weighted by atomic mass is 9.67. The number of ketones is 1. The highest BCUT2D eigenvalue weighted by Crippen LogP contribution is 2.42. The van der Waals surface area contributed by atoms with Crippen LogP contribution < -0.4 is 0 Å². The third-order valence-electron chi connectivity index (χ3n) is 3.57. The summed E-state index contributed by atoms with van der Waals surface area (Å²) < 4.78 is 4.76. The highest BCUT2D eigenvalue weighted by Gasteiger charge is 2.47. The average Bonchev–Trinajstić information content (AvgIpc) is 2.40. The lowest BCUT2D eigenvalue weighted by molar-refractivity contribution is -0.150. The maximum Gasteiger partial charge on any atom is 0.316 e. The van der Waals surface area contributed by atoms with E-state index in [0.29, 0.717) is 18.7 Å². The molecule has 0 spiro atoms. The zero-order valence-corrected chi connectivity index (χ0v) is 13.2. The first-order chi connectivity index (χ1) is 9.80. The second-order valence-corrected chi connectivity index (χ2v) is 5.61. The third-order valence-corrected chi connectivity index (χ3v) is 3.57. The molecule has 1 aliphatic carbocycles. The number of hydrogen-bond donors (Lipinski definition) is 1. The minimum Gasteiger partial charge on any atom is -0.511 e. The van der Waals surface area contributed by atoms with Crippen molar-refractivity contribution in [2.24, 2.45) is 16.5 Å². The standard InChI is InChI=1S/C15H23NO5/c1-6-9(16-21-7-2)11-10(17)8-15(3,4)12(13(11)18)14(19)20-5/h12,18H,6-8H2,1-5H3/b16-9+/t12-/m1/s1. The summed E-state index contributed by atoms with van der Waals surface area (Å²) >= 11 is 0. The van der Waals surface area contributed by atoms with Gasteiger partial charge in [-0.2, -0.15) is 0 Å². The molecule has 0 aromatic carbocycles. The summed E-state index contributed by atoms with van der Waals surface area (Å²) in [6.07, 6.45) is 0.552. The Morgan fingerprint density at radius 1 is 1.43 bits per heavy atom. The van der Waals surface area contributed by atoms with Gasteiger partial charge >= 0.3 is 5.97 Å². The van der Waals surface area contributed by atoms with Crippen LogP contribution in [0.2, 0.25) is 0 Å². The molecule has 0 bridgehead atoms. The lowest BCUT2D eigenvalue weighted by Crippen LogP contribution is -2.41. The lowest BCUT2D eigenvalue weighted by Gasteiger charge is -2.36. The van der Waals surface area contributed by atoms with Crippen LogP contribution >= 0.6 is 0 Å². The summed E-state index contributed by atoms with van der Waals surface area (Å²) in [5, 5.41) is 14.3. The first kappa shape index (κ1) is 17.2. The van der Waals surface area contributed by atoms with Crippen LogP contribution in [0.4, 0.5) is 0 Å². The van der Waals surface area contributed by atoms with E-state index in [1.54, 1.807) is 27.7 Å². The molecule has 0 saturated heterocycles. The van der Waals surface area contributed by atoms with Crippen molar-refractivity contribution in [3.05, 3.63) is 11.3 Å². The molecule has 0 aromatic rings. The van der Waals surface area contributed by atoms with Crippen molar-refractivity contribution in [1.29, 1.82) is 0 Å². The molecule has 0 radical (unpaired) electrons. The van der Waals surface area contributed by atoms with Crippen LogP contribution in [-0.4, -0.2) is 36.3 Å². The number of ether oxygens (including phenoxy) is 1. The van der Waals surface area contributed by atoms with Crippen LogP contribution in [0.15, 0.2) is 16.5 Å². The van der Waals surface area contributed by atoms with Gasteiger partial charge in [0.25, 0.3) is 0 Å². The van der Waals surface area contributed by atoms with Crippen LogP contribution in [-0.2, 0) is 19.2 Å². The predicted octanol–water partition coefficient (Wildman–Crippen LogP) is 2.39. The van der Waals surface area contributed by atoms with E-state index >= 15 is 0 Å². The molecular weight excluding hydrogens is 274 g/mol. The van der Waals surface area contributed by atoms with Gasteiger partial charge in [-0.3, -0.25) is 9.59 Å². The number of oxime groups is 1. The van der Waals surface area contributed by atoms with Crippen molar-refractivity contribution in [3.63, 3.8) is 0 Å². The molecule has 6 nitrogen and oxygen atoms in total. The van der Waals surface area contributed by atoms with E-state index in [0.717, 1.165) is 0 Å². The van der Waals surface area contributed by atoms with Crippen molar-refractivity contribution in [3.8, 4) is 0 Å². The Balaban J connectivity index is 3.39. The number of methoxy groups -OCH3 is 1. The maximum atomic E-state index is 12.3. The summed E-state index contributed by atoms with van der Waals surface area (Å²) in [6, 6.07) is 0. The maximum absolute atomic E-state index is 12.3. The molecule has 0 amide bonds. The van der Waals surface area contributed by atoms with Crippen molar-refractivity contribution in [2.75, 3.05) is 13.7 Å². The number of esters is 1. The van der Waals surface area contributed by atoms with E-state index < -0.39 is 17.3 Å². The molecule has 0 heterocycles. The number of aliphatic hydroxyl groups is 1. The van der Waals surface area contributed by atoms with Gasteiger partial charge in [0.2, 0.25) is 0 Å². The fourth-order valence-corrected chi connectivity index (χ4v) is 2.55. The van der Waals surface area contributed by atoms with Gasteiger partial charge in [0.1, 0.15) is 18.3 Å². The molecule has 1 aliphatic rings. The van der Waals surface area contributed by atoms with E-state index in [2.05, 4.69) is 5.16 Å². The van der Waals surface area contributed by atoms with Crippen molar-refractivity contribution in [1.82, 2.24) is 0 Å². The van der Waals surface area contributed by atoms with Crippen molar-refractivity contribution < 1.29 is 24.3 Å². The van der Waals surface area contributed by atoms with Gasteiger partial charge in [-0.25, -0.2) is 0 Å². The summed E-state index contributed by atoms with van der Waals surface area (Å²) in [7, 11) is 1.26. The Kier molecular flexibility index (Phi) is 5.52. The number of carbonyl (C=O) groups excluding carboxylic acids is 2. The van der Waals surface area contributed by atoms with Crippen LogP contribution in [0.3, 0.4) is 0 Å². The predicted molar refractivity (Wildman–Crippen MR) is 77.9 cm³/mol. The van der Waals surface area contributed by atoms with Gasteiger partial charge < -0.3 is 14.7 Å². The molecule has 118 valence electrons. The zero-order valence-electron chi connectivity index (χ0n) is 13.2. The molecule has 0 aliphatic heterocycles. The Bertz CT molecular complexity index is 490. The Morgan fingerprint density at radius 3 is 2.52 bits per heavy atom. The summed E-state index contributed by atoms with van der Waals surface area (Å²) in [4.78, 5) is 29.3. The smallest absolute Gasteiger partial charge is 0.316 e. The van der Waals surface area contributed by atoms with Crippen LogP contribution in [0, 0.1) is 11.3 Å². The van der Waals surface area contributed by atoms with Gasteiger partial charge in [-0.15, -0.1) is 0 Å². The molecular formula is C15H23NO5. The van der Waals surface area contributed by atoms with Gasteiger partial charge in [0.15, 0.2) is 5.78 Å². The Morgan fingerprint density at radius 2 is 2.05 bits per heavy atom. The molecule has 1 atom stereocenters. The van der Waals surface area contributed by atoms with Crippen LogP contribution in [0.5, 0.6) is 0 Å².